The molecule has 0 aliphatic carbocycles. The van der Waals surface area contributed by atoms with Gasteiger partial charge in [-0.2, -0.15) is 0 Å². The van der Waals surface area contributed by atoms with Crippen molar-refractivity contribution in [1.82, 2.24) is 0 Å². The molecule has 2 rings (SSSR count). The van der Waals surface area contributed by atoms with Crippen molar-refractivity contribution in [1.29, 1.82) is 0 Å². The summed E-state index contributed by atoms with van der Waals surface area (Å²) in [7, 11) is 0. The van der Waals surface area contributed by atoms with E-state index in [4.69, 9.17) is 4.74 Å². The molecule has 0 saturated heterocycles. The van der Waals surface area contributed by atoms with Crippen LogP contribution in [0.25, 0.3) is 6.08 Å². The summed E-state index contributed by atoms with van der Waals surface area (Å²) in [5.41, 5.74) is 1.71. The number of carbonyl (C=O) groups excluding carboxylic acids is 1. The van der Waals surface area contributed by atoms with Crippen LogP contribution in [0.15, 0.2) is 60.7 Å². The monoisotopic (exact) mass is 476 g/mol. The first-order valence-corrected chi connectivity index (χ1v) is 14.3. The molecule has 2 aromatic rings. The van der Waals surface area contributed by atoms with E-state index in [0.717, 1.165) is 24.3 Å². The fourth-order valence-corrected chi connectivity index (χ4v) is 4.39. The predicted molar refractivity (Wildman–Crippen MR) is 151 cm³/mol. The van der Waals surface area contributed by atoms with Crippen LogP contribution in [0.2, 0.25) is 0 Å². The number of allylic oxidation sites excluding steroid dienone is 1. The minimum Gasteiger partial charge on any atom is -0.494 e. The number of ketones is 1. The molecule has 0 radical (unpaired) electrons. The largest absolute Gasteiger partial charge is 0.494 e. The molecular formula is C33H48O2. The van der Waals surface area contributed by atoms with E-state index < -0.39 is 0 Å². The zero-order valence-electron chi connectivity index (χ0n) is 22.2. The quantitative estimate of drug-likeness (QED) is 0.102. The molecule has 0 heterocycles. The zero-order chi connectivity index (χ0) is 24.8. The third kappa shape index (κ3) is 14.6. The first-order valence-electron chi connectivity index (χ1n) is 14.3. The minimum absolute atomic E-state index is 0.0226. The standard InChI is InChI=1S/C33H48O2/c1-2-3-4-5-6-7-8-9-10-11-12-13-14-15-16-20-29-35-32-26-23-30(24-27-32)25-28-33(34)31-21-18-17-19-22-31/h17-19,21-28H,2-16,20,29H2,1H3/b28-25+. The van der Waals surface area contributed by atoms with Crippen LogP contribution < -0.4 is 4.74 Å². The van der Waals surface area contributed by atoms with E-state index in [-0.39, 0.29) is 5.78 Å². The van der Waals surface area contributed by atoms with Crippen LogP contribution in [0.3, 0.4) is 0 Å². The molecular weight excluding hydrogens is 428 g/mol. The Bertz CT molecular complexity index is 792. The molecule has 2 heteroatoms. The van der Waals surface area contributed by atoms with E-state index in [1.807, 2.05) is 60.7 Å². The molecule has 0 bridgehead atoms. The molecule has 0 aliphatic heterocycles. The number of carbonyl (C=O) groups is 1. The van der Waals surface area contributed by atoms with Crippen LogP contribution in [-0.4, -0.2) is 12.4 Å². The molecule has 0 fully saturated rings. The second-order valence-corrected chi connectivity index (χ2v) is 9.78. The van der Waals surface area contributed by atoms with Gasteiger partial charge in [0.1, 0.15) is 5.75 Å². The number of rotatable bonds is 21. The highest BCUT2D eigenvalue weighted by Crippen LogP contribution is 2.16. The molecule has 0 spiro atoms. The summed E-state index contributed by atoms with van der Waals surface area (Å²) < 4.78 is 5.88. The lowest BCUT2D eigenvalue weighted by Crippen LogP contribution is -1.97. The Balaban J connectivity index is 1.40. The average Bonchev–Trinajstić information content (AvgIpc) is 2.90. The van der Waals surface area contributed by atoms with E-state index >= 15 is 0 Å². The van der Waals surface area contributed by atoms with Crippen LogP contribution in [0, 0.1) is 0 Å². The van der Waals surface area contributed by atoms with Crippen molar-refractivity contribution in [3.05, 3.63) is 71.8 Å². The van der Waals surface area contributed by atoms with Gasteiger partial charge in [-0.05, 0) is 30.2 Å². The van der Waals surface area contributed by atoms with Crippen LogP contribution in [-0.2, 0) is 0 Å². The van der Waals surface area contributed by atoms with Gasteiger partial charge in [0.25, 0.3) is 0 Å². The van der Waals surface area contributed by atoms with Crippen LogP contribution in [0.1, 0.15) is 126 Å². The van der Waals surface area contributed by atoms with Crippen molar-refractivity contribution in [2.24, 2.45) is 0 Å². The van der Waals surface area contributed by atoms with Crippen LogP contribution in [0.4, 0.5) is 0 Å². The first-order chi connectivity index (χ1) is 17.3. The van der Waals surface area contributed by atoms with Crippen molar-refractivity contribution >= 4 is 11.9 Å². The molecule has 0 aromatic heterocycles. The molecule has 2 nitrogen and oxygen atoms in total. The second-order valence-electron chi connectivity index (χ2n) is 9.78. The van der Waals surface area contributed by atoms with Gasteiger partial charge in [-0.15, -0.1) is 0 Å². The Kier molecular flexibility index (Phi) is 16.4. The lowest BCUT2D eigenvalue weighted by Gasteiger charge is -2.07. The fraction of sp³-hybridized carbons (Fsp3) is 0.545. The van der Waals surface area contributed by atoms with E-state index in [2.05, 4.69) is 6.92 Å². The predicted octanol–water partition coefficient (Wildman–Crippen LogP) is 10.2. The number of unbranched alkanes of at least 4 members (excludes halogenated alkanes) is 15. The van der Waals surface area contributed by atoms with Crippen molar-refractivity contribution in [3.63, 3.8) is 0 Å². The molecule has 0 unspecified atom stereocenters. The van der Waals surface area contributed by atoms with Gasteiger partial charge in [0, 0.05) is 5.56 Å². The zero-order valence-corrected chi connectivity index (χ0v) is 22.2. The van der Waals surface area contributed by atoms with E-state index in [0.29, 0.717) is 5.56 Å². The molecule has 0 aliphatic rings. The smallest absolute Gasteiger partial charge is 0.185 e. The lowest BCUT2D eigenvalue weighted by atomic mass is 10.0. The first kappa shape index (κ1) is 28.9. The maximum Gasteiger partial charge on any atom is 0.185 e. The van der Waals surface area contributed by atoms with Crippen molar-refractivity contribution in [2.45, 2.75) is 110 Å². The van der Waals surface area contributed by atoms with E-state index in [9.17, 15) is 4.79 Å². The van der Waals surface area contributed by atoms with Gasteiger partial charge in [0.05, 0.1) is 6.61 Å². The Labute approximate surface area is 215 Å². The Hall–Kier alpha value is -2.35. The summed E-state index contributed by atoms with van der Waals surface area (Å²) in [6, 6.07) is 17.3. The molecule has 0 atom stereocenters. The summed E-state index contributed by atoms with van der Waals surface area (Å²) >= 11 is 0. The number of hydrogen-bond acceptors (Lipinski definition) is 2. The van der Waals surface area contributed by atoms with Gasteiger partial charge in [0.2, 0.25) is 0 Å². The van der Waals surface area contributed by atoms with Gasteiger partial charge in [0.15, 0.2) is 5.78 Å². The van der Waals surface area contributed by atoms with Gasteiger partial charge < -0.3 is 4.74 Å². The average molecular weight is 477 g/mol. The second kappa shape index (κ2) is 19.9. The Morgan fingerprint density at radius 1 is 0.629 bits per heavy atom. The molecule has 2 aromatic carbocycles. The SMILES string of the molecule is CCCCCCCCCCCCCCCCCCOc1ccc(/C=C/C(=O)c2ccccc2)cc1. The van der Waals surface area contributed by atoms with Crippen LogP contribution in [0.5, 0.6) is 5.75 Å². The van der Waals surface area contributed by atoms with Gasteiger partial charge in [-0.3, -0.25) is 4.79 Å². The summed E-state index contributed by atoms with van der Waals surface area (Å²) in [6.07, 6.45) is 25.6. The Morgan fingerprint density at radius 3 is 1.63 bits per heavy atom. The summed E-state index contributed by atoms with van der Waals surface area (Å²) in [5, 5.41) is 0. The van der Waals surface area contributed by atoms with Crippen LogP contribution >= 0.6 is 0 Å². The van der Waals surface area contributed by atoms with Gasteiger partial charge in [-0.1, -0.05) is 152 Å². The lowest BCUT2D eigenvalue weighted by molar-refractivity contribution is 0.104. The van der Waals surface area contributed by atoms with Gasteiger partial charge >= 0.3 is 0 Å². The third-order valence-corrected chi connectivity index (χ3v) is 6.63. The maximum absolute atomic E-state index is 12.2. The van der Waals surface area contributed by atoms with Crippen molar-refractivity contribution < 1.29 is 9.53 Å². The highest BCUT2D eigenvalue weighted by molar-refractivity contribution is 6.06. The van der Waals surface area contributed by atoms with Gasteiger partial charge in [-0.25, -0.2) is 0 Å². The minimum atomic E-state index is 0.0226. The fourth-order valence-electron chi connectivity index (χ4n) is 4.39. The molecule has 35 heavy (non-hydrogen) atoms. The highest BCUT2D eigenvalue weighted by Gasteiger charge is 2.00. The number of benzene rings is 2. The summed E-state index contributed by atoms with van der Waals surface area (Å²) in [5.74, 6) is 0.923. The topological polar surface area (TPSA) is 26.3 Å². The molecule has 0 saturated carbocycles. The molecule has 0 amide bonds. The maximum atomic E-state index is 12.2. The molecule has 192 valence electrons. The molecule has 0 N–H and O–H groups in total. The van der Waals surface area contributed by atoms with Crippen molar-refractivity contribution in [2.75, 3.05) is 6.61 Å². The summed E-state index contributed by atoms with van der Waals surface area (Å²) in [4.78, 5) is 12.2. The van der Waals surface area contributed by atoms with Crippen molar-refractivity contribution in [3.8, 4) is 5.75 Å². The van der Waals surface area contributed by atoms with E-state index in [1.165, 1.54) is 96.3 Å². The van der Waals surface area contributed by atoms with E-state index in [1.54, 1.807) is 6.08 Å². The Morgan fingerprint density at radius 2 is 1.11 bits per heavy atom. The number of hydrogen-bond donors (Lipinski definition) is 0. The normalized spacial score (nSPS) is 11.2. The third-order valence-electron chi connectivity index (χ3n) is 6.63. The summed E-state index contributed by atoms with van der Waals surface area (Å²) in [6.45, 7) is 3.06. The number of ether oxygens (including phenoxy) is 1. The highest BCUT2D eigenvalue weighted by atomic mass is 16.5.